The van der Waals surface area contributed by atoms with Crippen molar-refractivity contribution in [3.8, 4) is 0 Å². The summed E-state index contributed by atoms with van der Waals surface area (Å²) < 4.78 is 0. The van der Waals surface area contributed by atoms with Gasteiger partial charge in [0.05, 0.1) is 11.3 Å². The van der Waals surface area contributed by atoms with E-state index in [2.05, 4.69) is 0 Å². The third-order valence-corrected chi connectivity index (χ3v) is 3.82. The van der Waals surface area contributed by atoms with Crippen molar-refractivity contribution in [2.45, 2.75) is 32.7 Å². The van der Waals surface area contributed by atoms with Gasteiger partial charge >= 0.3 is 11.9 Å². The van der Waals surface area contributed by atoms with E-state index in [1.807, 2.05) is 18.7 Å². The van der Waals surface area contributed by atoms with Gasteiger partial charge in [0.25, 0.3) is 0 Å². The molecule has 1 aromatic rings. The number of benzene rings is 1. The number of Topliss-reactive ketones (excluding diaryl/α,β-unsaturated/α-hetero) is 1. The number of nitrogens with two attached hydrogens (primary N) is 2. The van der Waals surface area contributed by atoms with Crippen molar-refractivity contribution >= 4 is 29.1 Å². The monoisotopic (exact) mass is 337 g/mol. The Morgan fingerprint density at radius 1 is 1.12 bits per heavy atom. The van der Waals surface area contributed by atoms with E-state index in [1.165, 1.54) is 6.07 Å². The highest BCUT2D eigenvalue weighted by molar-refractivity contribution is 6.07. The zero-order valence-electron chi connectivity index (χ0n) is 13.8. The van der Waals surface area contributed by atoms with Crippen LogP contribution >= 0.6 is 0 Å². The van der Waals surface area contributed by atoms with Crippen molar-refractivity contribution < 1.29 is 24.6 Å². The maximum absolute atomic E-state index is 12.4. The number of ketones is 1. The van der Waals surface area contributed by atoms with E-state index in [1.54, 1.807) is 6.07 Å². The van der Waals surface area contributed by atoms with Crippen LogP contribution in [0, 0.1) is 0 Å². The standard InChI is InChI=1S/C16H23N3O5/c1-3-19(4-2)9-7-10(14(18)11(8-9)15(21)22)13(20)6-5-12(17)16(23)24/h7-8,12H,3-6,17-18H2,1-2H3,(H,21,22)(H,23,24). The van der Waals surface area contributed by atoms with Crippen molar-refractivity contribution in [1.29, 1.82) is 0 Å². The molecule has 0 fully saturated rings. The second-order valence-electron chi connectivity index (χ2n) is 5.34. The van der Waals surface area contributed by atoms with E-state index in [-0.39, 0.29) is 29.7 Å². The molecule has 132 valence electrons. The van der Waals surface area contributed by atoms with Crippen LogP contribution in [0.3, 0.4) is 0 Å². The molecule has 1 unspecified atom stereocenters. The summed E-state index contributed by atoms with van der Waals surface area (Å²) in [5, 5.41) is 18.1. The molecule has 0 radical (unpaired) electrons. The number of nitrogens with zero attached hydrogens (tertiary/aromatic N) is 1. The highest BCUT2D eigenvalue weighted by atomic mass is 16.4. The SMILES string of the molecule is CCN(CC)c1cc(C(=O)O)c(N)c(C(=O)CCC(N)C(=O)O)c1. The zero-order chi connectivity index (χ0) is 18.4. The molecule has 1 aromatic carbocycles. The molecule has 0 amide bonds. The summed E-state index contributed by atoms with van der Waals surface area (Å²) in [5.41, 5.74) is 11.6. The third-order valence-electron chi connectivity index (χ3n) is 3.82. The Labute approximate surface area is 140 Å². The summed E-state index contributed by atoms with van der Waals surface area (Å²) in [5.74, 6) is -2.85. The van der Waals surface area contributed by atoms with Crippen molar-refractivity contribution in [3.63, 3.8) is 0 Å². The van der Waals surface area contributed by atoms with Crippen LogP contribution in [0.15, 0.2) is 12.1 Å². The number of hydrogen-bond acceptors (Lipinski definition) is 6. The molecule has 0 aromatic heterocycles. The quantitative estimate of drug-likeness (QED) is 0.388. The van der Waals surface area contributed by atoms with E-state index in [9.17, 15) is 19.5 Å². The van der Waals surface area contributed by atoms with Gasteiger partial charge in [-0.2, -0.15) is 0 Å². The Morgan fingerprint density at radius 3 is 2.12 bits per heavy atom. The topological polar surface area (TPSA) is 147 Å². The number of hydrogen-bond donors (Lipinski definition) is 4. The van der Waals surface area contributed by atoms with Crippen LogP contribution in [-0.4, -0.2) is 47.1 Å². The number of aromatic carboxylic acids is 1. The zero-order valence-corrected chi connectivity index (χ0v) is 13.8. The molecule has 0 spiro atoms. The highest BCUT2D eigenvalue weighted by Crippen LogP contribution is 2.27. The Balaban J connectivity index is 3.22. The van der Waals surface area contributed by atoms with E-state index >= 15 is 0 Å². The normalized spacial score (nSPS) is 11.8. The molecule has 0 aliphatic carbocycles. The van der Waals surface area contributed by atoms with Crippen molar-refractivity contribution in [2.75, 3.05) is 23.7 Å². The smallest absolute Gasteiger partial charge is 0.337 e. The Hall–Kier alpha value is -2.61. The van der Waals surface area contributed by atoms with Gasteiger partial charge in [-0.15, -0.1) is 0 Å². The van der Waals surface area contributed by atoms with E-state index in [0.717, 1.165) is 0 Å². The lowest BCUT2D eigenvalue weighted by molar-refractivity contribution is -0.138. The Kier molecular flexibility index (Phi) is 6.72. The van der Waals surface area contributed by atoms with E-state index in [0.29, 0.717) is 18.8 Å². The number of rotatable bonds is 9. The first-order chi connectivity index (χ1) is 11.2. The van der Waals surface area contributed by atoms with Gasteiger partial charge in [0.2, 0.25) is 0 Å². The number of carbonyl (C=O) groups is 3. The molecule has 0 aliphatic heterocycles. The van der Waals surface area contributed by atoms with Gasteiger partial charge in [-0.3, -0.25) is 9.59 Å². The fraction of sp³-hybridized carbons (Fsp3) is 0.438. The summed E-state index contributed by atoms with van der Waals surface area (Å²) in [6.07, 6.45) is -0.177. The first-order valence-corrected chi connectivity index (χ1v) is 7.66. The van der Waals surface area contributed by atoms with Crippen LogP contribution in [0.25, 0.3) is 0 Å². The number of carboxylic acid groups (broad SMARTS) is 2. The minimum Gasteiger partial charge on any atom is -0.480 e. The maximum atomic E-state index is 12.4. The molecule has 24 heavy (non-hydrogen) atoms. The van der Waals surface area contributed by atoms with Crippen LogP contribution < -0.4 is 16.4 Å². The summed E-state index contributed by atoms with van der Waals surface area (Å²) in [4.78, 5) is 36.4. The van der Waals surface area contributed by atoms with Crippen molar-refractivity contribution in [1.82, 2.24) is 0 Å². The first-order valence-electron chi connectivity index (χ1n) is 7.66. The van der Waals surface area contributed by atoms with Crippen molar-refractivity contribution in [3.05, 3.63) is 23.3 Å². The van der Waals surface area contributed by atoms with Crippen LogP contribution in [0.4, 0.5) is 11.4 Å². The molecule has 0 saturated heterocycles. The van der Waals surface area contributed by atoms with Gasteiger partial charge in [0, 0.05) is 30.8 Å². The lowest BCUT2D eigenvalue weighted by Crippen LogP contribution is -2.30. The number of aliphatic carboxylic acids is 1. The largest absolute Gasteiger partial charge is 0.480 e. The maximum Gasteiger partial charge on any atom is 0.337 e. The number of anilines is 2. The summed E-state index contributed by atoms with van der Waals surface area (Å²) in [7, 11) is 0. The summed E-state index contributed by atoms with van der Waals surface area (Å²) in [6, 6.07) is 1.83. The Morgan fingerprint density at radius 2 is 1.67 bits per heavy atom. The predicted octanol–water partition coefficient (Wildman–Crippen LogP) is 1.19. The molecule has 0 bridgehead atoms. The Bertz CT molecular complexity index is 641. The molecule has 8 nitrogen and oxygen atoms in total. The van der Waals surface area contributed by atoms with Crippen LogP contribution in [0.1, 0.15) is 47.4 Å². The van der Waals surface area contributed by atoms with Gasteiger partial charge in [0.1, 0.15) is 6.04 Å². The lowest BCUT2D eigenvalue weighted by Gasteiger charge is -2.23. The molecule has 1 rings (SSSR count). The van der Waals surface area contributed by atoms with Crippen LogP contribution in [0.5, 0.6) is 0 Å². The minimum atomic E-state index is -1.22. The molecule has 0 saturated carbocycles. The second kappa shape index (κ2) is 8.30. The van der Waals surface area contributed by atoms with Gasteiger partial charge in [-0.05, 0) is 32.4 Å². The van der Waals surface area contributed by atoms with Crippen molar-refractivity contribution in [2.24, 2.45) is 5.73 Å². The summed E-state index contributed by atoms with van der Waals surface area (Å²) >= 11 is 0. The predicted molar refractivity (Wildman–Crippen MR) is 90.6 cm³/mol. The van der Waals surface area contributed by atoms with Gasteiger partial charge in [-0.1, -0.05) is 0 Å². The molecule has 6 N–H and O–H groups in total. The number of carbonyl (C=O) groups excluding carboxylic acids is 1. The molecule has 8 heteroatoms. The molecule has 1 atom stereocenters. The van der Waals surface area contributed by atoms with E-state index in [4.69, 9.17) is 16.6 Å². The average Bonchev–Trinajstić information content (AvgIpc) is 2.53. The molecular weight excluding hydrogens is 314 g/mol. The second-order valence-corrected chi connectivity index (χ2v) is 5.34. The fourth-order valence-corrected chi connectivity index (χ4v) is 2.36. The van der Waals surface area contributed by atoms with E-state index < -0.39 is 23.8 Å². The fourth-order valence-electron chi connectivity index (χ4n) is 2.36. The highest BCUT2D eigenvalue weighted by Gasteiger charge is 2.21. The van der Waals surface area contributed by atoms with Gasteiger partial charge in [0.15, 0.2) is 5.78 Å². The average molecular weight is 337 g/mol. The van der Waals surface area contributed by atoms with Gasteiger partial charge in [-0.25, -0.2) is 4.79 Å². The van der Waals surface area contributed by atoms with Crippen LogP contribution in [0.2, 0.25) is 0 Å². The molecule has 0 aliphatic rings. The number of carboxylic acids is 2. The first kappa shape index (κ1) is 19.4. The van der Waals surface area contributed by atoms with Crippen LogP contribution in [-0.2, 0) is 4.79 Å². The minimum absolute atomic E-state index is 0.0501. The summed E-state index contributed by atoms with van der Waals surface area (Å²) in [6.45, 7) is 5.09. The molecular formula is C16H23N3O5. The molecule has 0 heterocycles. The lowest BCUT2D eigenvalue weighted by atomic mass is 9.98. The number of nitrogen functional groups attached to an aromatic ring is 1. The van der Waals surface area contributed by atoms with Gasteiger partial charge < -0.3 is 26.6 Å². The third kappa shape index (κ3) is 4.45.